The zero-order valence-electron chi connectivity index (χ0n) is 11.7. The molecule has 0 spiro atoms. The van der Waals surface area contributed by atoms with E-state index in [1.807, 2.05) is 0 Å². The van der Waals surface area contributed by atoms with Crippen molar-refractivity contribution in [2.45, 2.75) is 32.5 Å². The fourth-order valence-corrected chi connectivity index (χ4v) is 2.63. The molecule has 0 aromatic heterocycles. The van der Waals surface area contributed by atoms with Gasteiger partial charge in [0.15, 0.2) is 0 Å². The first-order valence-corrected chi connectivity index (χ1v) is 7.08. The lowest BCUT2D eigenvalue weighted by molar-refractivity contribution is -0.0936. The Bertz CT molecular complexity index is 472. The molecule has 120 valence electrons. The van der Waals surface area contributed by atoms with Gasteiger partial charge in [-0.05, 0) is 32.7 Å². The monoisotopic (exact) mass is 343 g/mol. The van der Waals surface area contributed by atoms with Crippen molar-refractivity contribution in [1.82, 2.24) is 9.62 Å². The van der Waals surface area contributed by atoms with Crippen LogP contribution in [-0.2, 0) is 4.74 Å². The van der Waals surface area contributed by atoms with Gasteiger partial charge in [0.25, 0.3) is 0 Å². The SMILES string of the molecule is CC(C)(C)OC(=O)NCN1CC(C(F)(F)F)=C(C(N)=S)S1. The van der Waals surface area contributed by atoms with Gasteiger partial charge in [-0.1, -0.05) is 12.2 Å². The van der Waals surface area contributed by atoms with Crippen LogP contribution in [0.4, 0.5) is 18.0 Å². The quantitative estimate of drug-likeness (QED) is 0.606. The average Bonchev–Trinajstić information content (AvgIpc) is 2.67. The van der Waals surface area contributed by atoms with Crippen molar-refractivity contribution in [1.29, 1.82) is 0 Å². The number of carbonyl (C=O) groups is 1. The van der Waals surface area contributed by atoms with Crippen LogP contribution in [0.1, 0.15) is 20.8 Å². The Hall–Kier alpha value is -1.00. The van der Waals surface area contributed by atoms with Gasteiger partial charge in [-0.3, -0.25) is 0 Å². The van der Waals surface area contributed by atoms with Gasteiger partial charge in [-0.2, -0.15) is 13.2 Å². The average molecular weight is 343 g/mol. The lowest BCUT2D eigenvalue weighted by Gasteiger charge is -2.21. The second-order valence-corrected chi connectivity index (χ2v) is 6.78. The number of halogens is 3. The van der Waals surface area contributed by atoms with Gasteiger partial charge in [-0.25, -0.2) is 9.10 Å². The molecular formula is C11H16F3N3O2S2. The van der Waals surface area contributed by atoms with Crippen LogP contribution in [0.2, 0.25) is 0 Å². The number of hydrogen-bond donors (Lipinski definition) is 2. The number of amides is 1. The minimum absolute atomic E-state index is 0.120. The van der Waals surface area contributed by atoms with E-state index in [1.165, 1.54) is 4.31 Å². The Balaban J connectivity index is 2.60. The second kappa shape index (κ2) is 6.41. The molecule has 0 atom stereocenters. The van der Waals surface area contributed by atoms with E-state index in [9.17, 15) is 18.0 Å². The molecule has 10 heteroatoms. The molecule has 0 radical (unpaired) electrons. The summed E-state index contributed by atoms with van der Waals surface area (Å²) in [6, 6.07) is 0. The van der Waals surface area contributed by atoms with E-state index in [-0.39, 0.29) is 16.6 Å². The fraction of sp³-hybridized carbons (Fsp3) is 0.636. The molecule has 0 bridgehead atoms. The first-order chi connectivity index (χ1) is 9.40. The highest BCUT2D eigenvalue weighted by Crippen LogP contribution is 2.40. The lowest BCUT2D eigenvalue weighted by atomic mass is 10.2. The first-order valence-electron chi connectivity index (χ1n) is 5.90. The minimum atomic E-state index is -4.51. The molecule has 1 rings (SSSR count). The number of nitrogens with one attached hydrogen (secondary N) is 1. The number of rotatable bonds is 3. The number of nitrogens with zero attached hydrogens (tertiary/aromatic N) is 1. The van der Waals surface area contributed by atoms with Gasteiger partial charge < -0.3 is 15.8 Å². The van der Waals surface area contributed by atoms with Gasteiger partial charge >= 0.3 is 12.3 Å². The van der Waals surface area contributed by atoms with E-state index in [1.54, 1.807) is 20.8 Å². The Morgan fingerprint density at radius 3 is 2.43 bits per heavy atom. The van der Waals surface area contributed by atoms with Gasteiger partial charge in [0.1, 0.15) is 10.6 Å². The molecule has 1 aliphatic heterocycles. The Kier molecular flexibility index (Phi) is 5.51. The van der Waals surface area contributed by atoms with Gasteiger partial charge in [0, 0.05) is 6.54 Å². The van der Waals surface area contributed by atoms with E-state index in [2.05, 4.69) is 17.5 Å². The summed E-state index contributed by atoms with van der Waals surface area (Å²) in [5, 5.41) is 2.38. The molecule has 0 aromatic carbocycles. The molecule has 0 saturated carbocycles. The third-order valence-corrected chi connectivity index (χ3v) is 3.69. The first kappa shape index (κ1) is 18.1. The second-order valence-electron chi connectivity index (χ2n) is 5.24. The maximum absolute atomic E-state index is 12.8. The van der Waals surface area contributed by atoms with Crippen LogP contribution in [0.15, 0.2) is 10.5 Å². The molecule has 1 aliphatic rings. The summed E-state index contributed by atoms with van der Waals surface area (Å²) < 4.78 is 44.8. The number of alkyl halides is 3. The summed E-state index contributed by atoms with van der Waals surface area (Å²) >= 11 is 5.39. The molecule has 1 heterocycles. The number of alkyl carbamates (subject to hydrolysis) is 1. The standard InChI is InChI=1S/C11H16F3N3O2S2/c1-10(2,3)19-9(18)16-5-17-4-6(11(12,13)14)7(21-17)8(15)20/h4-5H2,1-3H3,(H2,15,20)(H,16,18). The maximum atomic E-state index is 12.8. The maximum Gasteiger partial charge on any atom is 0.415 e. The highest BCUT2D eigenvalue weighted by Gasteiger charge is 2.42. The van der Waals surface area contributed by atoms with Crippen LogP contribution in [0.3, 0.4) is 0 Å². The van der Waals surface area contributed by atoms with Crippen LogP contribution in [0.5, 0.6) is 0 Å². The Morgan fingerprint density at radius 2 is 2.05 bits per heavy atom. The molecule has 5 nitrogen and oxygen atoms in total. The molecule has 0 aromatic rings. The zero-order chi connectivity index (χ0) is 16.4. The van der Waals surface area contributed by atoms with Crippen LogP contribution >= 0.6 is 24.2 Å². The van der Waals surface area contributed by atoms with E-state index < -0.39 is 30.0 Å². The van der Waals surface area contributed by atoms with Crippen LogP contribution in [-0.4, -0.2) is 40.4 Å². The molecular weight excluding hydrogens is 327 g/mol. The molecule has 0 aliphatic carbocycles. The van der Waals surface area contributed by atoms with Crippen molar-refractivity contribution in [2.75, 3.05) is 13.2 Å². The third-order valence-electron chi connectivity index (χ3n) is 2.19. The molecule has 0 saturated heterocycles. The molecule has 0 unspecified atom stereocenters. The summed E-state index contributed by atoms with van der Waals surface area (Å²) in [6.07, 6.45) is -5.22. The van der Waals surface area contributed by atoms with E-state index in [0.29, 0.717) is 0 Å². The largest absolute Gasteiger partial charge is 0.444 e. The van der Waals surface area contributed by atoms with Crippen molar-refractivity contribution >= 4 is 35.2 Å². The number of hydrogen-bond acceptors (Lipinski definition) is 5. The smallest absolute Gasteiger partial charge is 0.415 e. The highest BCUT2D eigenvalue weighted by atomic mass is 32.2. The van der Waals surface area contributed by atoms with Gasteiger partial charge in [-0.15, -0.1) is 0 Å². The third kappa shape index (κ3) is 5.71. The normalized spacial score (nSPS) is 17.0. The zero-order valence-corrected chi connectivity index (χ0v) is 13.3. The molecule has 3 N–H and O–H groups in total. The van der Waals surface area contributed by atoms with Gasteiger partial charge in [0.05, 0.1) is 17.1 Å². The van der Waals surface area contributed by atoms with Crippen molar-refractivity contribution < 1.29 is 22.7 Å². The summed E-state index contributed by atoms with van der Waals surface area (Å²) in [5.74, 6) is 0. The lowest BCUT2D eigenvalue weighted by Crippen LogP contribution is -2.38. The predicted octanol–water partition coefficient (Wildman–Crippen LogP) is 2.53. The summed E-state index contributed by atoms with van der Waals surface area (Å²) in [7, 11) is 0. The van der Waals surface area contributed by atoms with Gasteiger partial charge in [0.2, 0.25) is 0 Å². The Morgan fingerprint density at radius 1 is 1.48 bits per heavy atom. The fourth-order valence-electron chi connectivity index (χ4n) is 1.43. The van der Waals surface area contributed by atoms with E-state index >= 15 is 0 Å². The van der Waals surface area contributed by atoms with E-state index in [4.69, 9.17) is 10.5 Å². The molecule has 21 heavy (non-hydrogen) atoms. The van der Waals surface area contributed by atoms with Crippen molar-refractivity contribution in [3.63, 3.8) is 0 Å². The van der Waals surface area contributed by atoms with Crippen molar-refractivity contribution in [3.8, 4) is 0 Å². The number of carbonyl (C=O) groups excluding carboxylic acids is 1. The van der Waals surface area contributed by atoms with Crippen LogP contribution in [0.25, 0.3) is 0 Å². The number of thiocarbonyl (C=S) groups is 1. The van der Waals surface area contributed by atoms with Crippen LogP contribution < -0.4 is 11.1 Å². The Labute approximate surface area is 130 Å². The number of ether oxygens (including phenoxy) is 1. The molecule has 0 fully saturated rings. The predicted molar refractivity (Wildman–Crippen MR) is 78.4 cm³/mol. The van der Waals surface area contributed by atoms with Crippen LogP contribution in [0, 0.1) is 0 Å². The highest BCUT2D eigenvalue weighted by molar-refractivity contribution is 8.03. The minimum Gasteiger partial charge on any atom is -0.444 e. The summed E-state index contributed by atoms with van der Waals surface area (Å²) in [6.45, 7) is 4.53. The van der Waals surface area contributed by atoms with Crippen molar-refractivity contribution in [3.05, 3.63) is 10.5 Å². The number of nitrogens with two attached hydrogens (primary N) is 1. The molecule has 1 amide bonds. The van der Waals surface area contributed by atoms with E-state index in [0.717, 1.165) is 11.9 Å². The van der Waals surface area contributed by atoms with Crippen molar-refractivity contribution in [2.24, 2.45) is 5.73 Å². The topological polar surface area (TPSA) is 67.6 Å². The summed E-state index contributed by atoms with van der Waals surface area (Å²) in [4.78, 5) is 10.9. The summed E-state index contributed by atoms with van der Waals surface area (Å²) in [5.41, 5.74) is 3.82.